The number of likely N-dealkylation sites (N-methyl/N-ethyl adjacent to an activating group) is 1. The van der Waals surface area contributed by atoms with Gasteiger partial charge in [-0.05, 0) is 30.2 Å². The highest BCUT2D eigenvalue weighted by Crippen LogP contribution is 2.18. The molecule has 0 unspecified atom stereocenters. The number of amides is 2. The number of nitrogens with zero attached hydrogens (tertiary/aromatic N) is 1. The van der Waals surface area contributed by atoms with Crippen LogP contribution in [0.2, 0.25) is 0 Å². The maximum Gasteiger partial charge on any atom is 0.242 e. The van der Waals surface area contributed by atoms with Crippen molar-refractivity contribution in [3.05, 3.63) is 65.7 Å². The van der Waals surface area contributed by atoms with Crippen LogP contribution in [0.4, 0.5) is 0 Å². The fourth-order valence-corrected chi connectivity index (χ4v) is 3.72. The normalized spacial score (nSPS) is 11.5. The van der Waals surface area contributed by atoms with Crippen molar-refractivity contribution >= 4 is 23.6 Å². The van der Waals surface area contributed by atoms with Crippen molar-refractivity contribution in [1.29, 1.82) is 0 Å². The molecular formula is C22H28N2O3S. The second-order valence-electron chi connectivity index (χ2n) is 6.45. The van der Waals surface area contributed by atoms with Gasteiger partial charge in [-0.3, -0.25) is 9.59 Å². The van der Waals surface area contributed by atoms with E-state index in [2.05, 4.69) is 17.4 Å². The molecule has 0 aliphatic rings. The summed E-state index contributed by atoms with van der Waals surface area (Å²) in [7, 11) is 3.20. The quantitative estimate of drug-likeness (QED) is 0.621. The zero-order chi connectivity index (χ0) is 20.4. The Kier molecular flexibility index (Phi) is 8.88. The Bertz CT molecular complexity index is 767. The Morgan fingerprint density at radius 1 is 1.11 bits per heavy atom. The Balaban J connectivity index is 1.98. The van der Waals surface area contributed by atoms with Crippen LogP contribution in [0.15, 0.2) is 54.6 Å². The van der Waals surface area contributed by atoms with Gasteiger partial charge < -0.3 is 15.0 Å². The average Bonchev–Trinajstić information content (AvgIpc) is 2.74. The number of methoxy groups -OCH3 is 1. The molecule has 0 heterocycles. The van der Waals surface area contributed by atoms with Crippen LogP contribution in [0.5, 0.6) is 5.75 Å². The third-order valence-electron chi connectivity index (χ3n) is 4.47. The van der Waals surface area contributed by atoms with E-state index < -0.39 is 6.04 Å². The SMILES string of the molecule is CNC(=O)[C@H](C)N(Cc1cccc(OC)c1)C(=O)CCSCc1ccccc1. The zero-order valence-electron chi connectivity index (χ0n) is 16.7. The van der Waals surface area contributed by atoms with Gasteiger partial charge in [0.2, 0.25) is 11.8 Å². The molecule has 0 saturated heterocycles. The minimum absolute atomic E-state index is 0.0283. The van der Waals surface area contributed by atoms with E-state index in [1.54, 1.807) is 37.7 Å². The molecule has 1 atom stereocenters. The first-order chi connectivity index (χ1) is 13.5. The van der Waals surface area contributed by atoms with E-state index in [1.807, 2.05) is 42.5 Å². The lowest BCUT2D eigenvalue weighted by Crippen LogP contribution is -2.46. The van der Waals surface area contributed by atoms with Crippen LogP contribution >= 0.6 is 11.8 Å². The number of carbonyl (C=O) groups excluding carboxylic acids is 2. The molecule has 28 heavy (non-hydrogen) atoms. The van der Waals surface area contributed by atoms with Crippen LogP contribution < -0.4 is 10.1 Å². The minimum Gasteiger partial charge on any atom is -0.497 e. The second kappa shape index (κ2) is 11.4. The molecule has 0 aliphatic heterocycles. The molecule has 150 valence electrons. The van der Waals surface area contributed by atoms with Gasteiger partial charge in [0.1, 0.15) is 11.8 Å². The first kappa shape index (κ1) is 21.8. The molecule has 0 radical (unpaired) electrons. The fraction of sp³-hybridized carbons (Fsp3) is 0.364. The predicted molar refractivity (Wildman–Crippen MR) is 114 cm³/mol. The molecule has 2 aromatic rings. The van der Waals surface area contributed by atoms with Crippen LogP contribution in [0.25, 0.3) is 0 Å². The highest BCUT2D eigenvalue weighted by atomic mass is 32.2. The summed E-state index contributed by atoms with van der Waals surface area (Å²) in [4.78, 5) is 26.7. The summed E-state index contributed by atoms with van der Waals surface area (Å²) in [6.07, 6.45) is 0.392. The predicted octanol–water partition coefficient (Wildman–Crippen LogP) is 3.48. The summed E-state index contributed by atoms with van der Waals surface area (Å²) >= 11 is 1.72. The smallest absolute Gasteiger partial charge is 0.242 e. The van der Waals surface area contributed by atoms with E-state index in [0.29, 0.717) is 18.7 Å². The molecular weight excluding hydrogens is 372 g/mol. The Morgan fingerprint density at radius 2 is 1.82 bits per heavy atom. The molecule has 0 spiro atoms. The van der Waals surface area contributed by atoms with Crippen LogP contribution in [0.1, 0.15) is 24.5 Å². The third kappa shape index (κ3) is 6.60. The van der Waals surface area contributed by atoms with Gasteiger partial charge in [-0.2, -0.15) is 11.8 Å². The Hall–Kier alpha value is -2.47. The Labute approximate surface area is 171 Å². The van der Waals surface area contributed by atoms with Gasteiger partial charge in [-0.1, -0.05) is 42.5 Å². The van der Waals surface area contributed by atoms with E-state index in [9.17, 15) is 9.59 Å². The van der Waals surface area contributed by atoms with E-state index in [4.69, 9.17) is 4.74 Å². The molecule has 2 rings (SSSR count). The molecule has 0 aliphatic carbocycles. The van der Waals surface area contributed by atoms with E-state index in [0.717, 1.165) is 17.1 Å². The number of rotatable bonds is 10. The number of ether oxygens (including phenoxy) is 1. The van der Waals surface area contributed by atoms with Gasteiger partial charge in [-0.25, -0.2) is 0 Å². The maximum atomic E-state index is 12.9. The van der Waals surface area contributed by atoms with Gasteiger partial charge in [0.05, 0.1) is 7.11 Å². The molecule has 2 amide bonds. The second-order valence-corrected chi connectivity index (χ2v) is 7.56. The Morgan fingerprint density at radius 3 is 2.50 bits per heavy atom. The van der Waals surface area contributed by atoms with Crippen LogP contribution in [-0.4, -0.2) is 42.7 Å². The summed E-state index contributed by atoms with van der Waals surface area (Å²) in [5.74, 6) is 2.11. The first-order valence-corrected chi connectivity index (χ1v) is 10.5. The molecule has 0 aromatic heterocycles. The number of hydrogen-bond donors (Lipinski definition) is 1. The molecule has 0 saturated carbocycles. The third-order valence-corrected chi connectivity index (χ3v) is 5.50. The highest BCUT2D eigenvalue weighted by molar-refractivity contribution is 7.98. The van der Waals surface area contributed by atoms with Gasteiger partial charge in [-0.15, -0.1) is 0 Å². The van der Waals surface area contributed by atoms with Crippen molar-refractivity contribution in [2.45, 2.75) is 31.7 Å². The molecule has 0 bridgehead atoms. The van der Waals surface area contributed by atoms with Gasteiger partial charge in [0, 0.05) is 31.5 Å². The molecule has 0 fully saturated rings. The fourth-order valence-electron chi connectivity index (χ4n) is 2.83. The molecule has 1 N–H and O–H groups in total. The first-order valence-electron chi connectivity index (χ1n) is 9.30. The maximum absolute atomic E-state index is 12.9. The van der Waals surface area contributed by atoms with Crippen LogP contribution in [0.3, 0.4) is 0 Å². The van der Waals surface area contributed by atoms with E-state index in [1.165, 1.54) is 5.56 Å². The summed E-state index contributed by atoms with van der Waals surface area (Å²) < 4.78 is 5.26. The molecule has 2 aromatic carbocycles. The summed E-state index contributed by atoms with van der Waals surface area (Å²) in [6.45, 7) is 2.13. The lowest BCUT2D eigenvalue weighted by Gasteiger charge is -2.28. The topological polar surface area (TPSA) is 58.6 Å². The lowest BCUT2D eigenvalue weighted by molar-refractivity contribution is -0.140. The average molecular weight is 401 g/mol. The zero-order valence-corrected chi connectivity index (χ0v) is 17.5. The number of nitrogens with one attached hydrogen (secondary N) is 1. The van der Waals surface area contributed by atoms with Gasteiger partial charge in [0.15, 0.2) is 0 Å². The van der Waals surface area contributed by atoms with Gasteiger partial charge >= 0.3 is 0 Å². The standard InChI is InChI=1S/C22H28N2O3S/c1-17(22(26)23-2)24(15-19-10-7-11-20(14-19)27-3)21(25)12-13-28-16-18-8-5-4-6-9-18/h4-11,14,17H,12-13,15-16H2,1-3H3,(H,23,26)/t17-/m0/s1. The van der Waals surface area contributed by atoms with Crippen LogP contribution in [-0.2, 0) is 21.9 Å². The van der Waals surface area contributed by atoms with Crippen molar-refractivity contribution < 1.29 is 14.3 Å². The lowest BCUT2D eigenvalue weighted by atomic mass is 10.1. The summed E-state index contributed by atoms with van der Waals surface area (Å²) in [5, 5.41) is 2.63. The minimum atomic E-state index is -0.539. The number of benzene rings is 2. The molecule has 6 heteroatoms. The van der Waals surface area contributed by atoms with Crippen molar-refractivity contribution in [2.24, 2.45) is 0 Å². The van der Waals surface area contributed by atoms with Crippen molar-refractivity contribution in [2.75, 3.05) is 19.9 Å². The monoisotopic (exact) mass is 400 g/mol. The largest absolute Gasteiger partial charge is 0.497 e. The van der Waals surface area contributed by atoms with E-state index in [-0.39, 0.29) is 11.8 Å². The highest BCUT2D eigenvalue weighted by Gasteiger charge is 2.25. The van der Waals surface area contributed by atoms with Gasteiger partial charge in [0.25, 0.3) is 0 Å². The molecule has 5 nitrogen and oxygen atoms in total. The summed E-state index contributed by atoms with van der Waals surface area (Å²) in [6, 6.07) is 17.2. The number of hydrogen-bond acceptors (Lipinski definition) is 4. The van der Waals surface area contributed by atoms with Crippen LogP contribution in [0, 0.1) is 0 Å². The van der Waals surface area contributed by atoms with Crippen molar-refractivity contribution in [1.82, 2.24) is 10.2 Å². The van der Waals surface area contributed by atoms with E-state index >= 15 is 0 Å². The van der Waals surface area contributed by atoms with Crippen molar-refractivity contribution in [3.8, 4) is 5.75 Å². The summed E-state index contributed by atoms with van der Waals surface area (Å²) in [5.41, 5.74) is 2.17. The van der Waals surface area contributed by atoms with Crippen molar-refractivity contribution in [3.63, 3.8) is 0 Å². The number of carbonyl (C=O) groups is 2. The number of thioether (sulfide) groups is 1.